The van der Waals surface area contributed by atoms with Crippen molar-refractivity contribution in [2.24, 2.45) is 0 Å². The summed E-state index contributed by atoms with van der Waals surface area (Å²) in [5.74, 6) is 1.46. The van der Waals surface area contributed by atoms with E-state index in [0.29, 0.717) is 33.5 Å². The first-order chi connectivity index (χ1) is 12.1. The molecule has 0 unspecified atom stereocenters. The predicted octanol–water partition coefficient (Wildman–Crippen LogP) is 4.89. The molecule has 0 N–H and O–H groups in total. The van der Waals surface area contributed by atoms with Crippen molar-refractivity contribution in [1.82, 2.24) is 5.16 Å². The summed E-state index contributed by atoms with van der Waals surface area (Å²) in [6.07, 6.45) is -0.912. The number of ether oxygens (including phenoxy) is 3. The van der Waals surface area contributed by atoms with E-state index in [9.17, 15) is 4.79 Å². The van der Waals surface area contributed by atoms with Crippen LogP contribution in [0.15, 0.2) is 53.1 Å². The Balaban J connectivity index is 1.79. The molecule has 3 rings (SSSR count). The molecule has 0 saturated heterocycles. The van der Waals surface area contributed by atoms with Gasteiger partial charge in [-0.3, -0.25) is 0 Å². The number of nitrogens with zero attached hydrogens (tertiary/aromatic N) is 1. The van der Waals surface area contributed by atoms with Crippen molar-refractivity contribution in [3.8, 4) is 28.5 Å². The van der Waals surface area contributed by atoms with Crippen LogP contribution in [0.2, 0.25) is 5.02 Å². The van der Waals surface area contributed by atoms with Crippen LogP contribution in [-0.4, -0.2) is 18.4 Å². The lowest BCUT2D eigenvalue weighted by molar-refractivity contribution is 0.151. The first-order valence-electron chi connectivity index (χ1n) is 7.33. The first kappa shape index (κ1) is 16.9. The van der Waals surface area contributed by atoms with E-state index in [1.807, 2.05) is 0 Å². The molecule has 6 nitrogen and oxygen atoms in total. The third kappa shape index (κ3) is 3.75. The van der Waals surface area contributed by atoms with Gasteiger partial charge in [0.15, 0.2) is 11.5 Å². The lowest BCUT2D eigenvalue weighted by Crippen LogP contribution is -2.14. The summed E-state index contributed by atoms with van der Waals surface area (Å²) in [6.45, 7) is 1.63. The van der Waals surface area contributed by atoms with Crippen molar-refractivity contribution in [3.63, 3.8) is 0 Å². The molecule has 0 aliphatic carbocycles. The second-order valence-corrected chi connectivity index (χ2v) is 5.43. The maximum atomic E-state index is 12.1. The molecule has 1 aromatic heterocycles. The Morgan fingerprint density at radius 3 is 2.40 bits per heavy atom. The Morgan fingerprint density at radius 2 is 1.72 bits per heavy atom. The monoisotopic (exact) mass is 359 g/mol. The van der Waals surface area contributed by atoms with E-state index in [4.69, 9.17) is 30.3 Å². The number of rotatable bonds is 4. The second kappa shape index (κ2) is 7.27. The van der Waals surface area contributed by atoms with Gasteiger partial charge in [0.05, 0.1) is 12.1 Å². The molecule has 3 aromatic rings. The molecule has 0 aliphatic heterocycles. The number of carbonyl (C=O) groups is 1. The zero-order chi connectivity index (χ0) is 17.8. The van der Waals surface area contributed by atoms with E-state index in [1.165, 1.54) is 0 Å². The van der Waals surface area contributed by atoms with Crippen LogP contribution in [0.1, 0.15) is 5.76 Å². The SMILES string of the molecule is COc1ccc(OC(=O)Oc2c(-c3ccccc3Cl)noc2C)cc1. The predicted molar refractivity (Wildman–Crippen MR) is 91.3 cm³/mol. The van der Waals surface area contributed by atoms with Gasteiger partial charge in [-0.1, -0.05) is 35.0 Å². The largest absolute Gasteiger partial charge is 0.519 e. The number of aryl methyl sites for hydroxylation is 1. The van der Waals surface area contributed by atoms with Crippen molar-refractivity contribution < 1.29 is 23.5 Å². The molecule has 0 saturated carbocycles. The van der Waals surface area contributed by atoms with Gasteiger partial charge >= 0.3 is 6.16 Å². The molecule has 2 aromatic carbocycles. The molecule has 0 aliphatic rings. The highest BCUT2D eigenvalue weighted by Gasteiger charge is 2.22. The molecule has 7 heteroatoms. The molecular weight excluding hydrogens is 346 g/mol. The topological polar surface area (TPSA) is 70.8 Å². The molecular formula is C18H14ClNO5. The van der Waals surface area contributed by atoms with Crippen molar-refractivity contribution in [1.29, 1.82) is 0 Å². The minimum atomic E-state index is -0.912. The van der Waals surface area contributed by atoms with Crippen LogP contribution in [0.25, 0.3) is 11.3 Å². The third-order valence-electron chi connectivity index (χ3n) is 3.38. The van der Waals surface area contributed by atoms with E-state index in [-0.39, 0.29) is 5.75 Å². The average molecular weight is 360 g/mol. The highest BCUT2D eigenvalue weighted by atomic mass is 35.5. The Labute approximate surface area is 148 Å². The second-order valence-electron chi connectivity index (χ2n) is 5.03. The van der Waals surface area contributed by atoms with Crippen molar-refractivity contribution in [2.75, 3.05) is 7.11 Å². The zero-order valence-electron chi connectivity index (χ0n) is 13.5. The number of hydrogen-bond acceptors (Lipinski definition) is 6. The highest BCUT2D eigenvalue weighted by Crippen LogP contribution is 2.36. The molecule has 0 spiro atoms. The van der Waals surface area contributed by atoms with Crippen molar-refractivity contribution in [3.05, 3.63) is 59.3 Å². The van der Waals surface area contributed by atoms with Crippen LogP contribution in [-0.2, 0) is 0 Å². The molecule has 25 heavy (non-hydrogen) atoms. The quantitative estimate of drug-likeness (QED) is 0.488. The van der Waals surface area contributed by atoms with E-state index >= 15 is 0 Å². The lowest BCUT2D eigenvalue weighted by atomic mass is 10.1. The number of carbonyl (C=O) groups excluding carboxylic acids is 1. The first-order valence-corrected chi connectivity index (χ1v) is 7.71. The van der Waals surface area contributed by atoms with Gasteiger partial charge in [0.25, 0.3) is 0 Å². The normalized spacial score (nSPS) is 10.4. The number of benzene rings is 2. The van der Waals surface area contributed by atoms with Crippen LogP contribution in [0.5, 0.6) is 17.2 Å². The molecule has 0 bridgehead atoms. The Morgan fingerprint density at radius 1 is 1.04 bits per heavy atom. The summed E-state index contributed by atoms with van der Waals surface area (Å²) >= 11 is 6.17. The van der Waals surface area contributed by atoms with E-state index in [2.05, 4.69) is 5.16 Å². The van der Waals surface area contributed by atoms with Gasteiger partial charge in [0.2, 0.25) is 5.75 Å². The summed E-state index contributed by atoms with van der Waals surface area (Å²) in [5, 5.41) is 4.38. The van der Waals surface area contributed by atoms with Crippen LogP contribution in [0, 0.1) is 6.92 Å². The molecule has 1 heterocycles. The fourth-order valence-electron chi connectivity index (χ4n) is 2.15. The summed E-state index contributed by atoms with van der Waals surface area (Å²) in [4.78, 5) is 12.1. The number of hydrogen-bond donors (Lipinski definition) is 0. The van der Waals surface area contributed by atoms with Gasteiger partial charge in [-0.05, 0) is 30.3 Å². The third-order valence-corrected chi connectivity index (χ3v) is 3.71. The Kier molecular flexibility index (Phi) is 4.90. The maximum Gasteiger partial charge on any atom is 0.519 e. The molecule has 128 valence electrons. The molecule has 0 radical (unpaired) electrons. The highest BCUT2D eigenvalue weighted by molar-refractivity contribution is 6.33. The Bertz CT molecular complexity index is 889. The maximum absolute atomic E-state index is 12.1. The van der Waals surface area contributed by atoms with Crippen molar-refractivity contribution in [2.45, 2.75) is 6.92 Å². The number of aromatic nitrogens is 1. The van der Waals surface area contributed by atoms with Gasteiger partial charge in [-0.25, -0.2) is 4.79 Å². The van der Waals surface area contributed by atoms with Gasteiger partial charge < -0.3 is 18.7 Å². The van der Waals surface area contributed by atoms with Gasteiger partial charge in [-0.2, -0.15) is 0 Å². The van der Waals surface area contributed by atoms with Crippen LogP contribution in [0.3, 0.4) is 0 Å². The number of methoxy groups -OCH3 is 1. The van der Waals surface area contributed by atoms with Crippen LogP contribution in [0.4, 0.5) is 4.79 Å². The molecule has 0 atom stereocenters. The Hall–Kier alpha value is -2.99. The van der Waals surface area contributed by atoms with Crippen LogP contribution < -0.4 is 14.2 Å². The minimum absolute atomic E-state index is 0.159. The van der Waals surface area contributed by atoms with E-state index in [0.717, 1.165) is 0 Å². The molecule has 0 fully saturated rings. The standard InChI is InChI=1S/C18H14ClNO5/c1-11-17(16(20-25-11)14-5-3-4-6-15(14)19)24-18(21)23-13-9-7-12(22-2)8-10-13/h3-10H,1-2H3. The fraction of sp³-hybridized carbons (Fsp3) is 0.111. The van der Waals surface area contributed by atoms with Gasteiger partial charge in [-0.15, -0.1) is 0 Å². The van der Waals surface area contributed by atoms with Gasteiger partial charge in [0.1, 0.15) is 11.5 Å². The van der Waals surface area contributed by atoms with Gasteiger partial charge in [0, 0.05) is 12.5 Å². The average Bonchev–Trinajstić information content (AvgIpc) is 2.96. The number of halogens is 1. The summed E-state index contributed by atoms with van der Waals surface area (Å²) < 4.78 is 20.6. The lowest BCUT2D eigenvalue weighted by Gasteiger charge is -2.07. The smallest absolute Gasteiger partial charge is 0.497 e. The molecule has 0 amide bonds. The van der Waals surface area contributed by atoms with E-state index < -0.39 is 6.16 Å². The fourth-order valence-corrected chi connectivity index (χ4v) is 2.38. The summed E-state index contributed by atoms with van der Waals surface area (Å²) in [5.41, 5.74) is 0.919. The summed E-state index contributed by atoms with van der Waals surface area (Å²) in [6, 6.07) is 13.6. The van der Waals surface area contributed by atoms with Crippen molar-refractivity contribution >= 4 is 17.8 Å². The van der Waals surface area contributed by atoms with E-state index in [1.54, 1.807) is 62.6 Å². The minimum Gasteiger partial charge on any atom is -0.497 e. The zero-order valence-corrected chi connectivity index (χ0v) is 14.2. The van der Waals surface area contributed by atoms with Crippen LogP contribution >= 0.6 is 11.6 Å². The summed E-state index contributed by atoms with van der Waals surface area (Å²) in [7, 11) is 1.55.